The first-order valence-corrected chi connectivity index (χ1v) is 7.91. The van der Waals surface area contributed by atoms with E-state index in [-0.39, 0.29) is 40.5 Å². The van der Waals surface area contributed by atoms with E-state index in [1.165, 1.54) is 12.5 Å². The van der Waals surface area contributed by atoms with Gasteiger partial charge in [0.2, 0.25) is 0 Å². The highest BCUT2D eigenvalue weighted by Crippen LogP contribution is 2.59. The number of phenols is 2. The van der Waals surface area contributed by atoms with Crippen molar-refractivity contribution in [2.75, 3.05) is 13.7 Å². The lowest BCUT2D eigenvalue weighted by Crippen LogP contribution is -2.67. The molecule has 3 rings (SSSR count). The molecule has 120 valence electrons. The summed E-state index contributed by atoms with van der Waals surface area (Å²) in [6, 6.07) is 4.62. The molecule has 2 atom stereocenters. The second kappa shape index (κ2) is 5.47. The number of para-hydroxylation sites is 1. The molecule has 2 aliphatic carbocycles. The van der Waals surface area contributed by atoms with Crippen LogP contribution < -0.4 is 0 Å². The van der Waals surface area contributed by atoms with Gasteiger partial charge in [-0.1, -0.05) is 12.5 Å². The monoisotopic (exact) mass is 305 g/mol. The van der Waals surface area contributed by atoms with E-state index in [0.29, 0.717) is 6.61 Å². The van der Waals surface area contributed by atoms with Crippen LogP contribution in [0.3, 0.4) is 0 Å². The van der Waals surface area contributed by atoms with Crippen LogP contribution in [0.4, 0.5) is 0 Å². The molecule has 2 N–H and O–H groups in total. The van der Waals surface area contributed by atoms with Gasteiger partial charge >= 0.3 is 0 Å². The van der Waals surface area contributed by atoms with Crippen molar-refractivity contribution in [1.29, 1.82) is 0 Å². The molecule has 0 unspecified atom stereocenters. The van der Waals surface area contributed by atoms with Crippen molar-refractivity contribution < 1.29 is 19.7 Å². The molecule has 2 fully saturated rings. The summed E-state index contributed by atoms with van der Waals surface area (Å²) in [5.41, 5.74) is 0.240. The molecule has 5 heteroatoms. The molecule has 0 saturated heterocycles. The van der Waals surface area contributed by atoms with Crippen molar-refractivity contribution in [3.8, 4) is 11.5 Å². The van der Waals surface area contributed by atoms with Crippen LogP contribution in [-0.2, 0) is 4.74 Å². The van der Waals surface area contributed by atoms with E-state index in [4.69, 9.17) is 4.74 Å². The predicted molar refractivity (Wildman–Crippen MR) is 82.0 cm³/mol. The van der Waals surface area contributed by atoms with Crippen molar-refractivity contribution >= 4 is 5.91 Å². The normalized spacial score (nSPS) is 25.4. The third kappa shape index (κ3) is 2.07. The van der Waals surface area contributed by atoms with Crippen LogP contribution in [0.1, 0.15) is 43.0 Å². The topological polar surface area (TPSA) is 70.0 Å². The van der Waals surface area contributed by atoms with E-state index < -0.39 is 0 Å². The zero-order valence-corrected chi connectivity index (χ0v) is 13.1. The summed E-state index contributed by atoms with van der Waals surface area (Å²) in [6.07, 6.45) is 4.44. The number of amides is 1. The number of carbonyl (C=O) groups is 1. The fourth-order valence-electron chi connectivity index (χ4n) is 3.98. The Morgan fingerprint density at radius 3 is 2.73 bits per heavy atom. The smallest absolute Gasteiger partial charge is 0.257 e. The Balaban J connectivity index is 1.78. The molecule has 1 aromatic carbocycles. The van der Waals surface area contributed by atoms with E-state index in [0.717, 1.165) is 19.3 Å². The van der Waals surface area contributed by atoms with Crippen molar-refractivity contribution in [3.63, 3.8) is 0 Å². The Labute approximate surface area is 130 Å². The first-order chi connectivity index (χ1) is 10.5. The van der Waals surface area contributed by atoms with Crippen molar-refractivity contribution in [1.82, 2.24) is 4.90 Å². The van der Waals surface area contributed by atoms with E-state index in [9.17, 15) is 15.0 Å². The maximum absolute atomic E-state index is 12.7. The second-order valence-corrected chi connectivity index (χ2v) is 6.37. The van der Waals surface area contributed by atoms with E-state index in [1.807, 2.05) is 6.92 Å². The summed E-state index contributed by atoms with van der Waals surface area (Å²) in [5, 5.41) is 19.5. The maximum atomic E-state index is 12.7. The number of ether oxygens (including phenoxy) is 1. The molecule has 0 aliphatic heterocycles. The molecule has 5 nitrogen and oxygen atoms in total. The Morgan fingerprint density at radius 1 is 1.41 bits per heavy atom. The Hall–Kier alpha value is -1.75. The second-order valence-electron chi connectivity index (χ2n) is 6.37. The van der Waals surface area contributed by atoms with Gasteiger partial charge in [0, 0.05) is 25.1 Å². The minimum atomic E-state index is -0.345. The molecular weight excluding hydrogens is 282 g/mol. The number of aromatic hydroxyl groups is 2. The Morgan fingerprint density at radius 2 is 2.14 bits per heavy atom. The fraction of sp³-hybridized carbons (Fsp3) is 0.588. The Kier molecular flexibility index (Phi) is 3.77. The van der Waals surface area contributed by atoms with Crippen LogP contribution in [0.5, 0.6) is 11.5 Å². The van der Waals surface area contributed by atoms with Crippen molar-refractivity contribution in [3.05, 3.63) is 23.8 Å². The third-order valence-corrected chi connectivity index (χ3v) is 5.43. The SMILES string of the molecule is CCO[C@H]1C[C@@H](N(C)C(=O)c2cccc(O)c2O)C12CCC2. The van der Waals surface area contributed by atoms with E-state index >= 15 is 0 Å². The number of carbonyl (C=O) groups excluding carboxylic acids is 1. The minimum Gasteiger partial charge on any atom is -0.504 e. The summed E-state index contributed by atoms with van der Waals surface area (Å²) in [7, 11) is 1.78. The number of rotatable bonds is 4. The van der Waals surface area contributed by atoms with Gasteiger partial charge in [-0.2, -0.15) is 0 Å². The summed E-state index contributed by atoms with van der Waals surface area (Å²) < 4.78 is 5.82. The average molecular weight is 305 g/mol. The lowest BCUT2D eigenvalue weighted by atomic mass is 9.50. The van der Waals surface area contributed by atoms with Gasteiger partial charge in [0.15, 0.2) is 11.5 Å². The maximum Gasteiger partial charge on any atom is 0.257 e. The van der Waals surface area contributed by atoms with Crippen LogP contribution in [0, 0.1) is 5.41 Å². The molecule has 1 amide bonds. The highest BCUT2D eigenvalue weighted by Gasteiger charge is 2.61. The molecule has 0 heterocycles. The zero-order chi connectivity index (χ0) is 15.9. The first-order valence-electron chi connectivity index (χ1n) is 7.91. The fourth-order valence-corrected chi connectivity index (χ4v) is 3.98. The van der Waals surface area contributed by atoms with Gasteiger partial charge in [-0.25, -0.2) is 0 Å². The number of hydrogen-bond donors (Lipinski definition) is 2. The number of nitrogens with zero attached hydrogens (tertiary/aromatic N) is 1. The minimum absolute atomic E-state index is 0.0901. The van der Waals surface area contributed by atoms with Gasteiger partial charge in [-0.05, 0) is 38.3 Å². The van der Waals surface area contributed by atoms with Crippen LogP contribution in [0.2, 0.25) is 0 Å². The van der Waals surface area contributed by atoms with Gasteiger partial charge in [0.05, 0.1) is 11.7 Å². The molecule has 1 aromatic rings. The van der Waals surface area contributed by atoms with Crippen LogP contribution >= 0.6 is 0 Å². The molecular formula is C17H23NO4. The predicted octanol–water partition coefficient (Wildman–Crippen LogP) is 2.52. The van der Waals surface area contributed by atoms with Crippen LogP contribution in [0.15, 0.2) is 18.2 Å². The van der Waals surface area contributed by atoms with E-state index in [2.05, 4.69) is 0 Å². The molecule has 0 radical (unpaired) electrons. The van der Waals surface area contributed by atoms with Gasteiger partial charge in [0.1, 0.15) is 0 Å². The van der Waals surface area contributed by atoms with Crippen LogP contribution in [0.25, 0.3) is 0 Å². The Bertz CT molecular complexity index is 582. The molecule has 22 heavy (non-hydrogen) atoms. The number of hydrogen-bond acceptors (Lipinski definition) is 4. The van der Waals surface area contributed by atoms with Crippen molar-refractivity contribution in [2.24, 2.45) is 5.41 Å². The van der Waals surface area contributed by atoms with Crippen molar-refractivity contribution in [2.45, 2.75) is 44.8 Å². The summed E-state index contributed by atoms with van der Waals surface area (Å²) >= 11 is 0. The quantitative estimate of drug-likeness (QED) is 0.839. The highest BCUT2D eigenvalue weighted by molar-refractivity contribution is 5.97. The molecule has 2 saturated carbocycles. The lowest BCUT2D eigenvalue weighted by molar-refractivity contribution is -0.192. The molecule has 0 aromatic heterocycles. The third-order valence-electron chi connectivity index (χ3n) is 5.43. The van der Waals surface area contributed by atoms with Gasteiger partial charge in [-0.15, -0.1) is 0 Å². The summed E-state index contributed by atoms with van der Waals surface area (Å²) in [6.45, 7) is 2.70. The standard InChI is InChI=1S/C17H23NO4/c1-3-22-14-10-13(17(14)8-5-9-17)18(2)16(21)11-6-4-7-12(19)15(11)20/h4,6-7,13-14,19-20H,3,5,8-10H2,1-2H3/t13-,14+/m1/s1. The molecule has 0 bridgehead atoms. The largest absolute Gasteiger partial charge is 0.504 e. The first kappa shape index (κ1) is 15.2. The molecule has 1 spiro atoms. The zero-order valence-electron chi connectivity index (χ0n) is 13.1. The van der Waals surface area contributed by atoms with Gasteiger partial charge < -0.3 is 19.8 Å². The summed E-state index contributed by atoms with van der Waals surface area (Å²) in [4.78, 5) is 14.4. The van der Waals surface area contributed by atoms with Gasteiger partial charge in [0.25, 0.3) is 5.91 Å². The van der Waals surface area contributed by atoms with Crippen LogP contribution in [-0.4, -0.2) is 46.8 Å². The molecule has 2 aliphatic rings. The lowest BCUT2D eigenvalue weighted by Gasteiger charge is -2.63. The summed E-state index contributed by atoms with van der Waals surface area (Å²) in [5.74, 6) is -0.860. The van der Waals surface area contributed by atoms with Gasteiger partial charge in [-0.3, -0.25) is 4.79 Å². The average Bonchev–Trinajstić information content (AvgIpc) is 2.43. The highest BCUT2D eigenvalue weighted by atomic mass is 16.5. The number of benzene rings is 1. The van der Waals surface area contributed by atoms with E-state index in [1.54, 1.807) is 24.1 Å². The number of phenolic OH excluding ortho intramolecular Hbond substituents is 2.